The Kier molecular flexibility index (Phi) is 7.58. The lowest BCUT2D eigenvalue weighted by molar-refractivity contribution is 0.0752. The molecule has 2 aromatic heterocycles. The fourth-order valence-corrected chi connectivity index (χ4v) is 10.1. The average Bonchev–Trinajstić information content (AvgIpc) is 3.85. The van der Waals surface area contributed by atoms with E-state index in [-0.39, 0.29) is 41.5 Å². The van der Waals surface area contributed by atoms with Crippen molar-refractivity contribution in [3.63, 3.8) is 0 Å². The first kappa shape index (κ1) is 31.7. The zero-order valence-electron chi connectivity index (χ0n) is 28.0. The molecule has 6 aliphatic rings. The zero-order valence-corrected chi connectivity index (χ0v) is 28.0. The predicted octanol–water partition coefficient (Wildman–Crippen LogP) is 3.08. The molecule has 3 unspecified atom stereocenters. The first-order chi connectivity index (χ1) is 24.7. The van der Waals surface area contributed by atoms with E-state index in [4.69, 9.17) is 5.11 Å². The highest BCUT2D eigenvalue weighted by Gasteiger charge is 2.62. The summed E-state index contributed by atoms with van der Waals surface area (Å²) >= 11 is 0. The quantitative estimate of drug-likeness (QED) is 0.246. The van der Waals surface area contributed by atoms with Crippen molar-refractivity contribution in [2.75, 3.05) is 45.8 Å². The molecule has 0 spiro atoms. The van der Waals surface area contributed by atoms with Crippen molar-refractivity contribution in [3.05, 3.63) is 47.5 Å². The van der Waals surface area contributed by atoms with E-state index in [1.54, 1.807) is 35.2 Å². The number of fused-ring (bicyclic) bond motifs is 5. The molecule has 16 heteroatoms. The molecule has 266 valence electrons. The minimum absolute atomic E-state index is 0.0122. The normalized spacial score (nSPS) is 30.6. The Morgan fingerprint density at radius 2 is 1.06 bits per heavy atom. The van der Waals surface area contributed by atoms with Crippen molar-refractivity contribution in [2.24, 2.45) is 41.4 Å². The SMILES string of the molecule is O=C(O)N1C[C@@H]2CN(C(=O)c3ccc4n[nH]nc4c3)C[C@@H]2C1.O=C(c1ccc2n[nH]nc2c1)N1C[C@H]2CN(C(=O)O)C(C3C4CCCCC43)[C@H]2C1. The number of hydrogen-bond acceptors (Lipinski definition) is 8. The predicted molar refractivity (Wildman–Crippen MR) is 181 cm³/mol. The van der Waals surface area contributed by atoms with E-state index in [1.807, 2.05) is 15.9 Å². The minimum atomic E-state index is -0.872. The summed E-state index contributed by atoms with van der Waals surface area (Å²) < 4.78 is 0. The van der Waals surface area contributed by atoms with Gasteiger partial charge in [0.15, 0.2) is 0 Å². The molecule has 2 aliphatic carbocycles. The highest BCUT2D eigenvalue weighted by molar-refractivity contribution is 5.98. The molecule has 2 aromatic carbocycles. The number of rotatable bonds is 3. The molecule has 2 saturated carbocycles. The van der Waals surface area contributed by atoms with E-state index in [0.29, 0.717) is 85.7 Å². The van der Waals surface area contributed by atoms with Crippen LogP contribution in [0.3, 0.4) is 0 Å². The van der Waals surface area contributed by atoms with E-state index in [2.05, 4.69) is 30.8 Å². The second-order valence-corrected chi connectivity index (χ2v) is 15.2. The molecular formula is C35H40N10O6. The number of nitrogens with one attached hydrogen (secondary N) is 2. The molecule has 0 bridgehead atoms. The summed E-state index contributed by atoms with van der Waals surface area (Å²) in [6.07, 6.45) is 3.39. The van der Waals surface area contributed by atoms with E-state index in [0.717, 1.165) is 11.0 Å². The second kappa shape index (κ2) is 12.2. The molecule has 4 saturated heterocycles. The maximum absolute atomic E-state index is 13.1. The Labute approximate surface area is 292 Å². The number of aromatic amines is 2. The van der Waals surface area contributed by atoms with Gasteiger partial charge in [0.25, 0.3) is 11.8 Å². The van der Waals surface area contributed by atoms with Crippen LogP contribution in [0.25, 0.3) is 22.1 Å². The topological polar surface area (TPSA) is 205 Å². The summed E-state index contributed by atoms with van der Waals surface area (Å²) in [5, 5.41) is 40.0. The van der Waals surface area contributed by atoms with Crippen LogP contribution in [0.4, 0.5) is 9.59 Å². The Morgan fingerprint density at radius 3 is 1.59 bits per heavy atom. The van der Waals surface area contributed by atoms with Crippen LogP contribution in [0.15, 0.2) is 36.4 Å². The van der Waals surface area contributed by atoms with Crippen LogP contribution < -0.4 is 0 Å². The number of hydrogen-bond donors (Lipinski definition) is 4. The van der Waals surface area contributed by atoms with E-state index in [1.165, 1.54) is 30.6 Å². The van der Waals surface area contributed by atoms with Gasteiger partial charge in [-0.1, -0.05) is 12.8 Å². The molecule has 6 fully saturated rings. The van der Waals surface area contributed by atoms with Crippen LogP contribution in [0.5, 0.6) is 0 Å². The number of carboxylic acid groups (broad SMARTS) is 2. The van der Waals surface area contributed by atoms with Crippen LogP contribution in [0, 0.1) is 41.4 Å². The zero-order chi connectivity index (χ0) is 35.0. The fourth-order valence-electron chi connectivity index (χ4n) is 10.1. The Balaban J connectivity index is 0.000000142. The fraction of sp³-hybridized carbons (Fsp3) is 0.543. The van der Waals surface area contributed by atoms with Gasteiger partial charge in [-0.25, -0.2) is 9.59 Å². The molecule has 4 amide bonds. The number of nitrogens with zero attached hydrogens (tertiary/aromatic N) is 8. The number of amides is 4. The first-order valence-electron chi connectivity index (χ1n) is 17.9. The molecule has 4 N–H and O–H groups in total. The Bertz CT molecular complexity index is 2010. The van der Waals surface area contributed by atoms with Gasteiger partial charge in [-0.15, -0.1) is 0 Å². The maximum Gasteiger partial charge on any atom is 0.407 e. The lowest BCUT2D eigenvalue weighted by Gasteiger charge is -2.28. The summed E-state index contributed by atoms with van der Waals surface area (Å²) in [4.78, 5) is 55.6. The van der Waals surface area contributed by atoms with Gasteiger partial charge in [-0.2, -0.15) is 30.8 Å². The standard InChI is InChI=1S/C21H25N5O3.C14H15N5O3/c27-20(11-5-6-16-17(7-11)23-24-22-16)25-8-12-9-26(21(28)29)19(15(12)10-25)18-13-3-1-2-4-14(13)18;20-13(8-1-2-11-12(3-8)16-17-15-11)18-4-9-6-19(14(21)22)7-10(9)5-18/h5-7,12-15,18-19H,1-4,8-10H2,(H,28,29)(H,22,23,24);1-3,9-10H,4-7H2,(H,21,22)(H,15,16,17)/t12-,13?,14?,15-,18?,19?;9-,10+/m0./s1. The molecule has 7 atom stereocenters. The van der Waals surface area contributed by atoms with Crippen LogP contribution >= 0.6 is 0 Å². The first-order valence-corrected chi connectivity index (χ1v) is 17.9. The van der Waals surface area contributed by atoms with E-state index in [9.17, 15) is 24.3 Å². The van der Waals surface area contributed by atoms with Crippen molar-refractivity contribution in [1.29, 1.82) is 0 Å². The lowest BCUT2D eigenvalue weighted by Crippen LogP contribution is -2.42. The number of H-pyrrole nitrogens is 2. The third-order valence-corrected chi connectivity index (χ3v) is 12.5. The maximum atomic E-state index is 13.1. The number of likely N-dealkylation sites (tertiary alicyclic amines) is 4. The van der Waals surface area contributed by atoms with Gasteiger partial charge >= 0.3 is 12.2 Å². The third-order valence-electron chi connectivity index (χ3n) is 12.5. The molecule has 51 heavy (non-hydrogen) atoms. The average molecular weight is 697 g/mol. The number of carbonyl (C=O) groups is 4. The van der Waals surface area contributed by atoms with Gasteiger partial charge in [-0.3, -0.25) is 9.59 Å². The smallest absolute Gasteiger partial charge is 0.407 e. The van der Waals surface area contributed by atoms with Crippen molar-refractivity contribution in [2.45, 2.75) is 31.7 Å². The van der Waals surface area contributed by atoms with Crippen LogP contribution in [0.1, 0.15) is 46.4 Å². The van der Waals surface area contributed by atoms with Gasteiger partial charge in [0, 0.05) is 86.7 Å². The lowest BCUT2D eigenvalue weighted by atomic mass is 9.90. The van der Waals surface area contributed by atoms with Crippen molar-refractivity contribution >= 4 is 46.1 Å². The largest absolute Gasteiger partial charge is 0.465 e. The second-order valence-electron chi connectivity index (χ2n) is 15.2. The number of carbonyl (C=O) groups excluding carboxylic acids is 2. The molecule has 4 aromatic rings. The summed E-state index contributed by atoms with van der Waals surface area (Å²) in [5.74, 6) is 2.90. The molecule has 4 aliphatic heterocycles. The molecule has 6 heterocycles. The molecule has 0 radical (unpaired) electrons. The van der Waals surface area contributed by atoms with Gasteiger partial charge in [0.2, 0.25) is 0 Å². The van der Waals surface area contributed by atoms with Crippen LogP contribution in [0.2, 0.25) is 0 Å². The highest BCUT2D eigenvalue weighted by atomic mass is 16.4. The Morgan fingerprint density at radius 1 is 0.569 bits per heavy atom. The molecular weight excluding hydrogens is 656 g/mol. The molecule has 16 nitrogen and oxygen atoms in total. The van der Waals surface area contributed by atoms with Gasteiger partial charge in [0.05, 0.1) is 0 Å². The third kappa shape index (κ3) is 5.51. The summed E-state index contributed by atoms with van der Waals surface area (Å²) in [6.45, 7) is 4.13. The van der Waals surface area contributed by atoms with Gasteiger partial charge < -0.3 is 29.8 Å². The van der Waals surface area contributed by atoms with Crippen molar-refractivity contribution in [1.82, 2.24) is 50.4 Å². The van der Waals surface area contributed by atoms with Gasteiger partial charge in [-0.05, 0) is 67.0 Å². The van der Waals surface area contributed by atoms with Gasteiger partial charge in [0.1, 0.15) is 22.1 Å². The monoisotopic (exact) mass is 696 g/mol. The molecule has 10 rings (SSSR count). The summed E-state index contributed by atoms with van der Waals surface area (Å²) in [5.41, 5.74) is 4.05. The van der Waals surface area contributed by atoms with E-state index < -0.39 is 12.2 Å². The minimum Gasteiger partial charge on any atom is -0.465 e. The number of aromatic nitrogens is 6. The summed E-state index contributed by atoms with van der Waals surface area (Å²) in [6, 6.07) is 10.7. The van der Waals surface area contributed by atoms with Crippen LogP contribution in [-0.2, 0) is 0 Å². The van der Waals surface area contributed by atoms with E-state index >= 15 is 0 Å². The van der Waals surface area contributed by atoms with Crippen molar-refractivity contribution < 1.29 is 29.4 Å². The highest BCUT2D eigenvalue weighted by Crippen LogP contribution is 2.61. The van der Waals surface area contributed by atoms with Crippen LogP contribution in [-0.4, -0.2) is 136 Å². The summed E-state index contributed by atoms with van der Waals surface area (Å²) in [7, 11) is 0. The Hall–Kier alpha value is -5.28. The number of benzene rings is 2. The van der Waals surface area contributed by atoms with Crippen molar-refractivity contribution in [3.8, 4) is 0 Å².